The van der Waals surface area contributed by atoms with E-state index in [-0.39, 0.29) is 0 Å². The number of hydrogen-bond donors (Lipinski definition) is 1. The van der Waals surface area contributed by atoms with Gasteiger partial charge in [0.1, 0.15) is 0 Å². The Bertz CT molecular complexity index is 347. The minimum Gasteiger partial charge on any atom is -0.385 e. The van der Waals surface area contributed by atoms with Crippen LogP contribution in [0.5, 0.6) is 0 Å². The standard InChI is InChI=1S/C14H22N2/c1-3-4-11-16(2)14-9-5-8-13-12(14)7-6-10-15-13/h5,8-9,15H,3-4,6-7,10-11H2,1-2H3. The number of unbranched alkanes of at least 4 members (excludes halogenated alkanes) is 1. The predicted molar refractivity (Wildman–Crippen MR) is 71.4 cm³/mol. The highest BCUT2D eigenvalue weighted by Crippen LogP contribution is 2.30. The Morgan fingerprint density at radius 3 is 3.06 bits per heavy atom. The van der Waals surface area contributed by atoms with Crippen molar-refractivity contribution < 1.29 is 0 Å². The summed E-state index contributed by atoms with van der Waals surface area (Å²) in [7, 11) is 2.21. The van der Waals surface area contributed by atoms with E-state index >= 15 is 0 Å². The zero-order chi connectivity index (χ0) is 11.4. The summed E-state index contributed by atoms with van der Waals surface area (Å²) >= 11 is 0. The molecule has 0 saturated heterocycles. The lowest BCUT2D eigenvalue weighted by atomic mass is 10.0. The summed E-state index contributed by atoms with van der Waals surface area (Å²) < 4.78 is 0. The van der Waals surface area contributed by atoms with Gasteiger partial charge in [-0.1, -0.05) is 19.4 Å². The minimum absolute atomic E-state index is 1.12. The van der Waals surface area contributed by atoms with Gasteiger partial charge < -0.3 is 10.2 Å². The van der Waals surface area contributed by atoms with E-state index in [2.05, 4.69) is 42.4 Å². The molecule has 1 aliphatic rings. The fourth-order valence-electron chi connectivity index (χ4n) is 2.36. The van der Waals surface area contributed by atoms with E-state index in [4.69, 9.17) is 0 Å². The highest BCUT2D eigenvalue weighted by atomic mass is 15.1. The smallest absolute Gasteiger partial charge is 0.0416 e. The highest BCUT2D eigenvalue weighted by Gasteiger charge is 2.14. The van der Waals surface area contributed by atoms with Crippen molar-refractivity contribution in [1.29, 1.82) is 0 Å². The fraction of sp³-hybridized carbons (Fsp3) is 0.571. The zero-order valence-electron chi connectivity index (χ0n) is 10.4. The maximum Gasteiger partial charge on any atom is 0.0416 e. The van der Waals surface area contributed by atoms with Gasteiger partial charge in [0.15, 0.2) is 0 Å². The van der Waals surface area contributed by atoms with Gasteiger partial charge in [-0.2, -0.15) is 0 Å². The Labute approximate surface area is 98.7 Å². The molecule has 1 N–H and O–H groups in total. The topological polar surface area (TPSA) is 15.3 Å². The molecule has 0 amide bonds. The highest BCUT2D eigenvalue weighted by molar-refractivity contribution is 5.67. The second kappa shape index (κ2) is 5.24. The molecule has 16 heavy (non-hydrogen) atoms. The Kier molecular flexibility index (Phi) is 3.70. The molecular formula is C14H22N2. The van der Waals surface area contributed by atoms with Gasteiger partial charge in [0.2, 0.25) is 0 Å². The van der Waals surface area contributed by atoms with Gasteiger partial charge in [-0.25, -0.2) is 0 Å². The maximum atomic E-state index is 3.49. The molecule has 0 spiro atoms. The van der Waals surface area contributed by atoms with Crippen LogP contribution in [0.3, 0.4) is 0 Å². The number of nitrogens with one attached hydrogen (secondary N) is 1. The molecule has 1 aromatic carbocycles. The monoisotopic (exact) mass is 218 g/mol. The minimum atomic E-state index is 1.12. The molecule has 0 fully saturated rings. The van der Waals surface area contributed by atoms with E-state index < -0.39 is 0 Å². The first-order valence-electron chi connectivity index (χ1n) is 6.40. The van der Waals surface area contributed by atoms with Crippen LogP contribution in [0.4, 0.5) is 11.4 Å². The molecule has 0 atom stereocenters. The van der Waals surface area contributed by atoms with Crippen LogP contribution in [0, 0.1) is 0 Å². The third kappa shape index (κ3) is 2.31. The molecular weight excluding hydrogens is 196 g/mol. The largest absolute Gasteiger partial charge is 0.385 e. The Morgan fingerprint density at radius 2 is 2.25 bits per heavy atom. The fourth-order valence-corrected chi connectivity index (χ4v) is 2.36. The number of nitrogens with zero attached hydrogens (tertiary/aromatic N) is 1. The van der Waals surface area contributed by atoms with Gasteiger partial charge in [0, 0.05) is 31.5 Å². The molecule has 1 heterocycles. The Hall–Kier alpha value is -1.18. The van der Waals surface area contributed by atoms with Crippen LogP contribution >= 0.6 is 0 Å². The third-order valence-corrected chi connectivity index (χ3v) is 3.33. The quantitative estimate of drug-likeness (QED) is 0.834. The van der Waals surface area contributed by atoms with Crippen LogP contribution in [0.2, 0.25) is 0 Å². The molecule has 88 valence electrons. The first kappa shape index (κ1) is 11.3. The number of hydrogen-bond acceptors (Lipinski definition) is 2. The molecule has 2 rings (SSSR count). The SMILES string of the molecule is CCCCN(C)c1cccc2c1CCCN2. The first-order chi connectivity index (χ1) is 7.83. The van der Waals surface area contributed by atoms with Crippen molar-refractivity contribution in [1.82, 2.24) is 0 Å². The molecule has 0 unspecified atom stereocenters. The molecule has 2 nitrogen and oxygen atoms in total. The van der Waals surface area contributed by atoms with Crippen LogP contribution in [0.1, 0.15) is 31.7 Å². The van der Waals surface area contributed by atoms with E-state index in [0.717, 1.165) is 13.1 Å². The number of rotatable bonds is 4. The molecule has 0 aromatic heterocycles. The van der Waals surface area contributed by atoms with E-state index in [9.17, 15) is 0 Å². The molecule has 2 heteroatoms. The third-order valence-electron chi connectivity index (χ3n) is 3.33. The Morgan fingerprint density at radius 1 is 1.38 bits per heavy atom. The summed E-state index contributed by atoms with van der Waals surface area (Å²) in [5.74, 6) is 0. The lowest BCUT2D eigenvalue weighted by molar-refractivity contribution is 0.756. The van der Waals surface area contributed by atoms with Crippen molar-refractivity contribution in [2.45, 2.75) is 32.6 Å². The average molecular weight is 218 g/mol. The summed E-state index contributed by atoms with van der Waals surface area (Å²) in [5, 5.41) is 3.49. The zero-order valence-corrected chi connectivity index (χ0v) is 10.4. The average Bonchev–Trinajstić information content (AvgIpc) is 2.35. The molecule has 0 radical (unpaired) electrons. The van der Waals surface area contributed by atoms with Gasteiger partial charge in [-0.3, -0.25) is 0 Å². The number of anilines is 2. The number of benzene rings is 1. The molecule has 0 bridgehead atoms. The maximum absolute atomic E-state index is 3.49. The molecule has 1 aromatic rings. The summed E-state index contributed by atoms with van der Waals surface area (Å²) in [5.41, 5.74) is 4.26. The van der Waals surface area contributed by atoms with Gasteiger partial charge in [0.05, 0.1) is 0 Å². The van der Waals surface area contributed by atoms with Crippen molar-refractivity contribution in [3.8, 4) is 0 Å². The van der Waals surface area contributed by atoms with Crippen molar-refractivity contribution in [3.63, 3.8) is 0 Å². The van der Waals surface area contributed by atoms with Crippen molar-refractivity contribution in [3.05, 3.63) is 23.8 Å². The second-order valence-corrected chi connectivity index (χ2v) is 4.61. The van der Waals surface area contributed by atoms with Gasteiger partial charge in [0.25, 0.3) is 0 Å². The summed E-state index contributed by atoms with van der Waals surface area (Å²) in [6.45, 7) is 4.53. The molecule has 0 aliphatic carbocycles. The van der Waals surface area contributed by atoms with Crippen molar-refractivity contribution >= 4 is 11.4 Å². The first-order valence-corrected chi connectivity index (χ1v) is 6.40. The predicted octanol–water partition coefficient (Wildman–Crippen LogP) is 3.28. The summed E-state index contributed by atoms with van der Waals surface area (Å²) in [6, 6.07) is 6.61. The van der Waals surface area contributed by atoms with E-state index in [1.54, 1.807) is 0 Å². The lowest BCUT2D eigenvalue weighted by Crippen LogP contribution is -2.22. The number of fused-ring (bicyclic) bond motifs is 1. The van der Waals surface area contributed by atoms with Crippen LogP contribution in [-0.4, -0.2) is 20.1 Å². The van der Waals surface area contributed by atoms with E-state index in [0.29, 0.717) is 0 Å². The van der Waals surface area contributed by atoms with Crippen LogP contribution in [0.15, 0.2) is 18.2 Å². The lowest BCUT2D eigenvalue weighted by Gasteiger charge is -2.27. The van der Waals surface area contributed by atoms with Gasteiger partial charge >= 0.3 is 0 Å². The Balaban J connectivity index is 2.19. The van der Waals surface area contributed by atoms with Gasteiger partial charge in [-0.15, -0.1) is 0 Å². The van der Waals surface area contributed by atoms with Crippen LogP contribution in [-0.2, 0) is 6.42 Å². The van der Waals surface area contributed by atoms with Crippen molar-refractivity contribution in [2.24, 2.45) is 0 Å². The van der Waals surface area contributed by atoms with Crippen LogP contribution in [0.25, 0.3) is 0 Å². The molecule has 1 aliphatic heterocycles. The van der Waals surface area contributed by atoms with Crippen LogP contribution < -0.4 is 10.2 Å². The second-order valence-electron chi connectivity index (χ2n) is 4.61. The van der Waals surface area contributed by atoms with Crippen molar-refractivity contribution in [2.75, 3.05) is 30.4 Å². The summed E-state index contributed by atoms with van der Waals surface area (Å²) in [6.07, 6.45) is 5.01. The molecule has 0 saturated carbocycles. The van der Waals surface area contributed by atoms with E-state index in [1.807, 2.05) is 0 Å². The normalized spacial score (nSPS) is 14.1. The van der Waals surface area contributed by atoms with Gasteiger partial charge in [-0.05, 0) is 37.0 Å². The summed E-state index contributed by atoms with van der Waals surface area (Å²) in [4.78, 5) is 2.40. The van der Waals surface area contributed by atoms with E-state index in [1.165, 1.54) is 42.6 Å².